The van der Waals surface area contributed by atoms with Gasteiger partial charge in [-0.15, -0.1) is 11.3 Å². The van der Waals surface area contributed by atoms with Gasteiger partial charge >= 0.3 is 0 Å². The van der Waals surface area contributed by atoms with Crippen LogP contribution in [0.4, 0.5) is 0 Å². The van der Waals surface area contributed by atoms with Crippen molar-refractivity contribution in [3.8, 4) is 0 Å². The molecule has 1 N–H and O–H groups in total. The molecule has 4 rings (SSSR count). The Kier molecular flexibility index (Phi) is 5.80. The van der Waals surface area contributed by atoms with Gasteiger partial charge in [-0.1, -0.05) is 0 Å². The number of nitrogens with zero attached hydrogens (tertiary/aromatic N) is 4. The zero-order valence-electron chi connectivity index (χ0n) is 16.4. The van der Waals surface area contributed by atoms with Crippen LogP contribution in [0.3, 0.4) is 0 Å². The first kappa shape index (κ1) is 18.9. The number of imidazole rings is 1. The molecule has 0 aliphatic carbocycles. The van der Waals surface area contributed by atoms with E-state index in [1.54, 1.807) is 11.3 Å². The summed E-state index contributed by atoms with van der Waals surface area (Å²) >= 11 is 1.62. The molecule has 2 aromatic rings. The van der Waals surface area contributed by atoms with Gasteiger partial charge in [0.25, 0.3) is 0 Å². The summed E-state index contributed by atoms with van der Waals surface area (Å²) in [5, 5.41) is 5.14. The van der Waals surface area contributed by atoms with Crippen molar-refractivity contribution in [2.75, 3.05) is 26.2 Å². The van der Waals surface area contributed by atoms with E-state index < -0.39 is 0 Å². The number of carbonyl (C=O) groups excluding carboxylic acids is 1. The van der Waals surface area contributed by atoms with E-state index in [4.69, 9.17) is 0 Å². The zero-order valence-corrected chi connectivity index (χ0v) is 17.2. The highest BCUT2D eigenvalue weighted by Crippen LogP contribution is 2.24. The Labute approximate surface area is 165 Å². The van der Waals surface area contributed by atoms with Crippen LogP contribution in [0.25, 0.3) is 4.96 Å². The number of piperidine rings is 2. The largest absolute Gasteiger partial charge is 0.350 e. The van der Waals surface area contributed by atoms with Gasteiger partial charge < -0.3 is 10.2 Å². The Bertz CT molecular complexity index is 733. The van der Waals surface area contributed by atoms with Gasteiger partial charge in [-0.05, 0) is 59.2 Å². The van der Waals surface area contributed by atoms with Crippen LogP contribution in [0.15, 0.2) is 17.8 Å². The van der Waals surface area contributed by atoms with Crippen LogP contribution in [0.5, 0.6) is 0 Å². The molecule has 0 spiro atoms. The summed E-state index contributed by atoms with van der Waals surface area (Å²) in [6.07, 6.45) is 8.60. The summed E-state index contributed by atoms with van der Waals surface area (Å²) in [4.78, 5) is 23.4. The van der Waals surface area contributed by atoms with Crippen LogP contribution >= 0.6 is 11.3 Å². The van der Waals surface area contributed by atoms with Crippen molar-refractivity contribution in [1.29, 1.82) is 0 Å². The molecule has 0 aromatic carbocycles. The highest BCUT2D eigenvalue weighted by atomic mass is 32.1. The third-order valence-electron chi connectivity index (χ3n) is 6.16. The molecule has 0 bridgehead atoms. The monoisotopic (exact) mass is 389 g/mol. The molecule has 1 atom stereocenters. The van der Waals surface area contributed by atoms with Crippen molar-refractivity contribution >= 4 is 22.2 Å². The van der Waals surface area contributed by atoms with Gasteiger partial charge in [-0.25, -0.2) is 4.98 Å². The molecule has 4 heterocycles. The molecule has 2 fully saturated rings. The Morgan fingerprint density at radius 2 is 2.11 bits per heavy atom. The molecule has 27 heavy (non-hydrogen) atoms. The number of hydrogen-bond acceptors (Lipinski definition) is 5. The fourth-order valence-electron chi connectivity index (χ4n) is 4.50. The first-order valence-electron chi connectivity index (χ1n) is 10.3. The third-order valence-corrected chi connectivity index (χ3v) is 6.93. The van der Waals surface area contributed by atoms with Gasteiger partial charge in [0.05, 0.1) is 18.2 Å². The van der Waals surface area contributed by atoms with Gasteiger partial charge in [-0.3, -0.25) is 14.1 Å². The standard InChI is InChI=1S/C20H31N5OS/c1-15(2)23-8-5-18(6-9-23)24-7-3-4-16(13-24)19(26)21-12-17-14-25-10-11-27-20(25)22-17/h10-11,14-16,18H,3-9,12-13H2,1-2H3,(H,21,26)/t16-/m0/s1. The topological polar surface area (TPSA) is 52.9 Å². The lowest BCUT2D eigenvalue weighted by molar-refractivity contribution is -0.127. The molecule has 0 radical (unpaired) electrons. The lowest BCUT2D eigenvalue weighted by Gasteiger charge is -2.43. The van der Waals surface area contributed by atoms with Gasteiger partial charge in [-0.2, -0.15) is 0 Å². The molecular weight excluding hydrogens is 358 g/mol. The highest BCUT2D eigenvalue weighted by Gasteiger charge is 2.32. The number of carbonyl (C=O) groups is 1. The summed E-state index contributed by atoms with van der Waals surface area (Å²) in [5.74, 6) is 0.307. The van der Waals surface area contributed by atoms with Crippen LogP contribution in [0.2, 0.25) is 0 Å². The van der Waals surface area contributed by atoms with Crippen molar-refractivity contribution in [2.24, 2.45) is 5.92 Å². The normalized spacial score (nSPS) is 23.3. The summed E-state index contributed by atoms with van der Waals surface area (Å²) in [6.45, 7) is 9.53. The molecule has 2 aliphatic heterocycles. The van der Waals surface area contributed by atoms with Gasteiger partial charge in [0.2, 0.25) is 5.91 Å². The van der Waals surface area contributed by atoms with Crippen molar-refractivity contribution in [2.45, 2.75) is 58.2 Å². The lowest BCUT2D eigenvalue weighted by Crippen LogP contribution is -2.51. The second-order valence-corrected chi connectivity index (χ2v) is 9.11. The van der Waals surface area contributed by atoms with Crippen LogP contribution in [-0.2, 0) is 11.3 Å². The molecule has 1 amide bonds. The molecule has 148 valence electrons. The smallest absolute Gasteiger partial charge is 0.224 e. The van der Waals surface area contributed by atoms with Crippen LogP contribution < -0.4 is 5.32 Å². The Balaban J connectivity index is 1.27. The van der Waals surface area contributed by atoms with E-state index in [2.05, 4.69) is 33.9 Å². The van der Waals surface area contributed by atoms with E-state index in [1.165, 1.54) is 25.9 Å². The lowest BCUT2D eigenvalue weighted by atomic mass is 9.93. The van der Waals surface area contributed by atoms with Crippen molar-refractivity contribution in [3.05, 3.63) is 23.5 Å². The quantitative estimate of drug-likeness (QED) is 0.854. The first-order valence-corrected chi connectivity index (χ1v) is 11.1. The van der Waals surface area contributed by atoms with Crippen LogP contribution in [-0.4, -0.2) is 63.4 Å². The second kappa shape index (κ2) is 8.29. The van der Waals surface area contributed by atoms with Crippen molar-refractivity contribution in [1.82, 2.24) is 24.5 Å². The van der Waals surface area contributed by atoms with Crippen molar-refractivity contribution < 1.29 is 4.79 Å². The Morgan fingerprint density at radius 3 is 2.85 bits per heavy atom. The number of fused-ring (bicyclic) bond motifs is 1. The molecule has 6 nitrogen and oxygen atoms in total. The van der Waals surface area contributed by atoms with Gasteiger partial charge in [0.1, 0.15) is 0 Å². The van der Waals surface area contributed by atoms with Gasteiger partial charge in [0.15, 0.2) is 4.96 Å². The predicted molar refractivity (Wildman–Crippen MR) is 109 cm³/mol. The fraction of sp³-hybridized carbons (Fsp3) is 0.700. The molecule has 2 saturated heterocycles. The minimum absolute atomic E-state index is 0.116. The molecule has 2 aromatic heterocycles. The number of likely N-dealkylation sites (tertiary alicyclic amines) is 2. The maximum absolute atomic E-state index is 12.7. The predicted octanol–water partition coefficient (Wildman–Crippen LogP) is 2.60. The molecule has 0 unspecified atom stereocenters. The average Bonchev–Trinajstić information content (AvgIpc) is 3.28. The van der Waals surface area contributed by atoms with Crippen LogP contribution in [0, 0.1) is 5.92 Å². The summed E-state index contributed by atoms with van der Waals surface area (Å²) in [5.41, 5.74) is 0.934. The van der Waals surface area contributed by atoms with Crippen LogP contribution in [0.1, 0.15) is 45.2 Å². The van der Waals surface area contributed by atoms with Crippen molar-refractivity contribution in [3.63, 3.8) is 0 Å². The van der Waals surface area contributed by atoms with E-state index in [0.717, 1.165) is 36.6 Å². The van der Waals surface area contributed by atoms with Gasteiger partial charge in [0, 0.05) is 36.4 Å². The van der Waals surface area contributed by atoms with E-state index in [1.807, 2.05) is 22.2 Å². The average molecular weight is 390 g/mol. The third kappa shape index (κ3) is 4.36. The SMILES string of the molecule is CC(C)N1CCC(N2CCC[C@H](C(=O)NCc3cn4ccsc4n3)C2)CC1. The Hall–Kier alpha value is -1.44. The molecule has 0 saturated carbocycles. The molecular formula is C20H31N5OS. The molecule has 7 heteroatoms. The second-order valence-electron chi connectivity index (χ2n) is 8.24. The number of hydrogen-bond donors (Lipinski definition) is 1. The fourth-order valence-corrected chi connectivity index (χ4v) is 5.22. The van der Waals surface area contributed by atoms with E-state index >= 15 is 0 Å². The molecule has 2 aliphatic rings. The summed E-state index contributed by atoms with van der Waals surface area (Å²) in [6, 6.07) is 1.29. The van der Waals surface area contributed by atoms with E-state index in [0.29, 0.717) is 18.6 Å². The van der Waals surface area contributed by atoms with E-state index in [9.17, 15) is 4.79 Å². The maximum Gasteiger partial charge on any atom is 0.224 e. The number of aromatic nitrogens is 2. The number of amides is 1. The zero-order chi connectivity index (χ0) is 18.8. The van der Waals surface area contributed by atoms with E-state index in [-0.39, 0.29) is 11.8 Å². The number of thiazole rings is 1. The maximum atomic E-state index is 12.7. The minimum atomic E-state index is 0.116. The number of nitrogens with one attached hydrogen (secondary N) is 1. The Morgan fingerprint density at radius 1 is 1.30 bits per heavy atom. The summed E-state index contributed by atoms with van der Waals surface area (Å²) in [7, 11) is 0. The highest BCUT2D eigenvalue weighted by molar-refractivity contribution is 7.15. The summed E-state index contributed by atoms with van der Waals surface area (Å²) < 4.78 is 2.01. The minimum Gasteiger partial charge on any atom is -0.350 e. The first-order chi connectivity index (χ1) is 13.1. The number of rotatable bonds is 5.